The Morgan fingerprint density at radius 1 is 0.784 bits per heavy atom. The summed E-state index contributed by atoms with van der Waals surface area (Å²) in [4.78, 5) is 0. The number of halogens is 5. The number of aryl methyl sites for hydroxylation is 2. The fraction of sp³-hybridized carbons (Fsp3) is 0.355. The van der Waals surface area contributed by atoms with Gasteiger partial charge < -0.3 is 4.74 Å². The molecule has 1 nitrogen and oxygen atoms in total. The first-order chi connectivity index (χ1) is 17.8. The van der Waals surface area contributed by atoms with E-state index in [9.17, 15) is 8.78 Å². The molecule has 1 heterocycles. The van der Waals surface area contributed by atoms with Gasteiger partial charge in [-0.25, -0.2) is 22.0 Å². The molecular formula is C31H31F5O. The van der Waals surface area contributed by atoms with Gasteiger partial charge in [-0.15, -0.1) is 0 Å². The molecule has 0 aromatic heterocycles. The maximum atomic E-state index is 15.0. The number of benzene rings is 3. The highest BCUT2D eigenvalue weighted by molar-refractivity contribution is 5.72. The van der Waals surface area contributed by atoms with Crippen molar-refractivity contribution in [3.05, 3.63) is 94.8 Å². The average Bonchev–Trinajstić information content (AvgIpc) is 2.89. The van der Waals surface area contributed by atoms with Crippen molar-refractivity contribution in [1.82, 2.24) is 0 Å². The molecule has 0 aliphatic carbocycles. The van der Waals surface area contributed by atoms with Crippen LogP contribution in [0.15, 0.2) is 54.6 Å². The zero-order chi connectivity index (χ0) is 26.5. The van der Waals surface area contributed by atoms with Gasteiger partial charge in [-0.2, -0.15) is 0 Å². The molecule has 2 atom stereocenters. The molecule has 2 unspecified atom stereocenters. The molecule has 0 bridgehead atoms. The van der Waals surface area contributed by atoms with Crippen LogP contribution in [0.25, 0.3) is 22.3 Å². The number of hydrogen-bond donors (Lipinski definition) is 0. The van der Waals surface area contributed by atoms with Gasteiger partial charge in [0.05, 0.1) is 12.7 Å². The number of rotatable bonds is 8. The lowest BCUT2D eigenvalue weighted by Crippen LogP contribution is -2.25. The van der Waals surface area contributed by atoms with E-state index in [4.69, 9.17) is 4.74 Å². The lowest BCUT2D eigenvalue weighted by Gasteiger charge is -2.27. The minimum atomic E-state index is -1.35. The summed E-state index contributed by atoms with van der Waals surface area (Å²) < 4.78 is 80.4. The summed E-state index contributed by atoms with van der Waals surface area (Å²) in [5, 5.41) is 0. The van der Waals surface area contributed by atoms with Crippen molar-refractivity contribution in [3.63, 3.8) is 0 Å². The van der Waals surface area contributed by atoms with Crippen LogP contribution < -0.4 is 0 Å². The third-order valence-electron chi connectivity index (χ3n) is 7.00. The second-order valence-corrected chi connectivity index (χ2v) is 9.61. The molecule has 1 aliphatic rings. The zero-order valence-corrected chi connectivity index (χ0v) is 21.1. The first kappa shape index (κ1) is 27.1. The van der Waals surface area contributed by atoms with E-state index in [1.807, 2.05) is 19.9 Å². The Hall–Kier alpha value is -2.99. The van der Waals surface area contributed by atoms with Gasteiger partial charge in [0.2, 0.25) is 0 Å². The summed E-state index contributed by atoms with van der Waals surface area (Å²) in [5.41, 5.74) is -0.252. The highest BCUT2D eigenvalue weighted by Gasteiger charge is 2.24. The van der Waals surface area contributed by atoms with Crippen LogP contribution in [0.3, 0.4) is 0 Å². The minimum Gasteiger partial charge on any atom is -0.378 e. The molecule has 0 radical (unpaired) electrons. The molecule has 1 fully saturated rings. The Kier molecular flexibility index (Phi) is 8.80. The Morgan fingerprint density at radius 3 is 2.00 bits per heavy atom. The topological polar surface area (TPSA) is 9.23 Å². The van der Waals surface area contributed by atoms with Crippen LogP contribution in [-0.2, 0) is 17.6 Å². The second kappa shape index (κ2) is 12.0. The molecule has 37 heavy (non-hydrogen) atoms. The summed E-state index contributed by atoms with van der Waals surface area (Å²) in [6.45, 7) is 4.53. The van der Waals surface area contributed by atoms with Crippen molar-refractivity contribution >= 4 is 0 Å². The molecule has 4 rings (SSSR count). The first-order valence-corrected chi connectivity index (χ1v) is 12.8. The maximum Gasteiger partial charge on any atom is 0.167 e. The Morgan fingerprint density at radius 2 is 1.41 bits per heavy atom. The molecule has 3 aromatic carbocycles. The van der Waals surface area contributed by atoms with E-state index in [1.54, 1.807) is 6.07 Å². The summed E-state index contributed by atoms with van der Waals surface area (Å²) in [5.74, 6) is -5.27. The van der Waals surface area contributed by atoms with Crippen LogP contribution in [0.1, 0.15) is 50.7 Å². The van der Waals surface area contributed by atoms with Gasteiger partial charge in [0, 0.05) is 28.2 Å². The van der Waals surface area contributed by atoms with Gasteiger partial charge in [-0.3, -0.25) is 0 Å². The third kappa shape index (κ3) is 5.96. The quantitative estimate of drug-likeness (QED) is 0.215. The number of hydrogen-bond acceptors (Lipinski definition) is 1. The van der Waals surface area contributed by atoms with Crippen molar-refractivity contribution in [3.8, 4) is 22.3 Å². The Balaban J connectivity index is 1.53. The second-order valence-electron chi connectivity index (χ2n) is 9.61. The van der Waals surface area contributed by atoms with Crippen LogP contribution in [0.2, 0.25) is 0 Å². The fourth-order valence-corrected chi connectivity index (χ4v) is 4.97. The van der Waals surface area contributed by atoms with Crippen LogP contribution in [0, 0.1) is 35.0 Å². The summed E-state index contributed by atoms with van der Waals surface area (Å²) in [6, 6.07) is 9.38. The summed E-state index contributed by atoms with van der Waals surface area (Å²) in [6.07, 6.45) is 8.20. The van der Waals surface area contributed by atoms with Crippen molar-refractivity contribution in [2.75, 3.05) is 6.61 Å². The average molecular weight is 515 g/mol. The molecule has 196 valence electrons. The highest BCUT2D eigenvalue weighted by atomic mass is 19.2. The van der Waals surface area contributed by atoms with Crippen LogP contribution in [-0.4, -0.2) is 12.7 Å². The van der Waals surface area contributed by atoms with Crippen LogP contribution in [0.4, 0.5) is 22.0 Å². The van der Waals surface area contributed by atoms with Crippen molar-refractivity contribution < 1.29 is 26.7 Å². The van der Waals surface area contributed by atoms with Gasteiger partial charge in [-0.1, -0.05) is 61.9 Å². The monoisotopic (exact) mass is 514 g/mol. The number of allylic oxidation sites excluding steroid dienone is 1. The molecule has 0 amide bonds. The van der Waals surface area contributed by atoms with Gasteiger partial charge in [0.25, 0.3) is 0 Å². The SMILES string of the molecule is CC=CC1CCC(CCc2ccc(-c3ccc(-c4ccc(CCC)cc4F)c(F)c3F)c(F)c2F)OC1. The maximum absolute atomic E-state index is 15.0. The van der Waals surface area contributed by atoms with E-state index in [2.05, 4.69) is 6.08 Å². The van der Waals surface area contributed by atoms with Crippen LogP contribution in [0.5, 0.6) is 0 Å². The normalized spacial score (nSPS) is 18.0. The smallest absolute Gasteiger partial charge is 0.167 e. The zero-order valence-electron chi connectivity index (χ0n) is 21.1. The van der Waals surface area contributed by atoms with E-state index in [0.29, 0.717) is 25.4 Å². The minimum absolute atomic E-state index is 0.0286. The van der Waals surface area contributed by atoms with Gasteiger partial charge in [0.15, 0.2) is 23.3 Å². The molecule has 6 heteroatoms. The van der Waals surface area contributed by atoms with E-state index in [-0.39, 0.29) is 34.8 Å². The fourth-order valence-electron chi connectivity index (χ4n) is 4.97. The Bertz CT molecular complexity index is 1280. The molecule has 3 aromatic rings. The van der Waals surface area contributed by atoms with E-state index in [0.717, 1.165) is 30.9 Å². The molecule has 1 aliphatic heterocycles. The predicted octanol–water partition coefficient (Wildman–Crippen LogP) is 8.97. The molecule has 0 saturated carbocycles. The highest BCUT2D eigenvalue weighted by Crippen LogP contribution is 2.35. The Labute approximate surface area is 215 Å². The number of ether oxygens (including phenoxy) is 1. The van der Waals surface area contributed by atoms with Gasteiger partial charge in [0.1, 0.15) is 5.82 Å². The van der Waals surface area contributed by atoms with Crippen LogP contribution >= 0.6 is 0 Å². The van der Waals surface area contributed by atoms with E-state index >= 15 is 13.2 Å². The predicted molar refractivity (Wildman–Crippen MR) is 137 cm³/mol. The summed E-state index contributed by atoms with van der Waals surface area (Å²) in [7, 11) is 0. The standard InChI is InChI=1S/C31H31F5O/c1-3-5-19-8-13-23(27(32)17-19)24-15-16-26(31(36)30(24)35)25-14-10-21(28(33)29(25)34)9-12-22-11-7-20(6-4-2)18-37-22/h4,6,8,10,13-17,20,22H,3,5,7,9,11-12,18H2,1-2H3. The summed E-state index contributed by atoms with van der Waals surface area (Å²) >= 11 is 0. The molecule has 1 saturated heterocycles. The third-order valence-corrected chi connectivity index (χ3v) is 7.00. The van der Waals surface area contributed by atoms with Gasteiger partial charge >= 0.3 is 0 Å². The molecular weight excluding hydrogens is 483 g/mol. The van der Waals surface area contributed by atoms with E-state index in [1.165, 1.54) is 30.3 Å². The molecule has 0 spiro atoms. The molecule has 0 N–H and O–H groups in total. The van der Waals surface area contributed by atoms with Crippen molar-refractivity contribution in [2.24, 2.45) is 5.92 Å². The largest absolute Gasteiger partial charge is 0.378 e. The first-order valence-electron chi connectivity index (χ1n) is 12.8. The van der Waals surface area contributed by atoms with E-state index < -0.39 is 34.6 Å². The lowest BCUT2D eigenvalue weighted by molar-refractivity contribution is -0.00800. The van der Waals surface area contributed by atoms with Gasteiger partial charge in [-0.05, 0) is 56.2 Å². The van der Waals surface area contributed by atoms with Crippen molar-refractivity contribution in [2.45, 2.75) is 58.5 Å². The van der Waals surface area contributed by atoms with Crippen molar-refractivity contribution in [1.29, 1.82) is 0 Å². The lowest BCUT2D eigenvalue weighted by atomic mass is 9.93.